The third kappa shape index (κ3) is 4.09. The molecule has 2 atom stereocenters. The van der Waals surface area contributed by atoms with Gasteiger partial charge in [0.2, 0.25) is 0 Å². The fourth-order valence-corrected chi connectivity index (χ4v) is 3.26. The number of benzene rings is 1. The first kappa shape index (κ1) is 15.1. The van der Waals surface area contributed by atoms with Gasteiger partial charge in [-0.2, -0.15) is 0 Å². The van der Waals surface area contributed by atoms with Crippen LogP contribution in [-0.4, -0.2) is 19.3 Å². The van der Waals surface area contributed by atoms with Crippen molar-refractivity contribution in [2.75, 3.05) is 13.2 Å². The maximum Gasteiger partial charge on any atom is 0.0469 e. The minimum Gasteiger partial charge on any atom is -0.381 e. The molecule has 1 N–H and O–H groups in total. The van der Waals surface area contributed by atoms with Crippen molar-refractivity contribution in [2.24, 2.45) is 5.92 Å². The van der Waals surface area contributed by atoms with Crippen LogP contribution in [0, 0.1) is 5.92 Å². The monoisotopic (exact) mass is 301 g/mol. The Morgan fingerprint density at radius 2 is 1.89 bits per heavy atom. The molecule has 1 aliphatic rings. The first-order valence-corrected chi connectivity index (χ1v) is 7.62. The summed E-state index contributed by atoms with van der Waals surface area (Å²) in [5.74, 6) is 0.683. The zero-order valence-electron chi connectivity index (χ0n) is 11.5. The van der Waals surface area contributed by atoms with Gasteiger partial charge in [-0.15, -0.1) is 0 Å². The van der Waals surface area contributed by atoms with E-state index in [2.05, 4.69) is 19.2 Å². The first-order chi connectivity index (χ1) is 9.08. The summed E-state index contributed by atoms with van der Waals surface area (Å²) in [6.07, 6.45) is 2.27. The van der Waals surface area contributed by atoms with Crippen molar-refractivity contribution >= 4 is 23.2 Å². The molecule has 1 heterocycles. The molecule has 1 aromatic rings. The van der Waals surface area contributed by atoms with Gasteiger partial charge >= 0.3 is 0 Å². The summed E-state index contributed by atoms with van der Waals surface area (Å²) in [4.78, 5) is 0. The van der Waals surface area contributed by atoms with Crippen molar-refractivity contribution < 1.29 is 4.74 Å². The van der Waals surface area contributed by atoms with E-state index in [0.29, 0.717) is 17.0 Å². The Kier molecular flexibility index (Phi) is 5.52. The van der Waals surface area contributed by atoms with E-state index in [-0.39, 0.29) is 6.04 Å². The van der Waals surface area contributed by atoms with Gasteiger partial charge < -0.3 is 10.1 Å². The largest absolute Gasteiger partial charge is 0.381 e. The second-order valence-corrected chi connectivity index (χ2v) is 6.14. The van der Waals surface area contributed by atoms with Crippen molar-refractivity contribution in [1.82, 2.24) is 5.32 Å². The van der Waals surface area contributed by atoms with E-state index in [9.17, 15) is 0 Å². The maximum absolute atomic E-state index is 6.25. The average molecular weight is 302 g/mol. The molecule has 0 radical (unpaired) electrons. The molecule has 1 aliphatic heterocycles. The van der Waals surface area contributed by atoms with Crippen LogP contribution in [0.15, 0.2) is 18.2 Å². The third-order valence-electron chi connectivity index (χ3n) is 3.91. The fourth-order valence-electron chi connectivity index (χ4n) is 2.69. The van der Waals surface area contributed by atoms with Crippen molar-refractivity contribution in [1.29, 1.82) is 0 Å². The standard InChI is InChI=1S/C15H21Cl2NO/c1-10(12-5-7-19-8-6-12)18-11(2)14-4-3-13(16)9-15(14)17/h3-4,9-12,18H,5-8H2,1-2H3. The fraction of sp³-hybridized carbons (Fsp3) is 0.600. The number of hydrogen-bond acceptors (Lipinski definition) is 2. The van der Waals surface area contributed by atoms with Gasteiger partial charge in [0.25, 0.3) is 0 Å². The lowest BCUT2D eigenvalue weighted by Crippen LogP contribution is -2.38. The molecule has 0 saturated carbocycles. The van der Waals surface area contributed by atoms with E-state index in [0.717, 1.165) is 36.6 Å². The average Bonchev–Trinajstić information content (AvgIpc) is 2.39. The van der Waals surface area contributed by atoms with Crippen LogP contribution < -0.4 is 5.32 Å². The molecule has 1 fully saturated rings. The lowest BCUT2D eigenvalue weighted by Gasteiger charge is -2.31. The van der Waals surface area contributed by atoms with E-state index < -0.39 is 0 Å². The molecule has 1 saturated heterocycles. The molecule has 0 aliphatic carbocycles. The minimum atomic E-state index is 0.225. The van der Waals surface area contributed by atoms with Gasteiger partial charge in [-0.05, 0) is 50.3 Å². The van der Waals surface area contributed by atoms with Crippen LogP contribution in [0.1, 0.15) is 38.3 Å². The first-order valence-electron chi connectivity index (χ1n) is 6.86. The van der Waals surface area contributed by atoms with Crippen LogP contribution in [0.2, 0.25) is 10.0 Å². The quantitative estimate of drug-likeness (QED) is 0.886. The van der Waals surface area contributed by atoms with Crippen LogP contribution in [0.4, 0.5) is 0 Å². The van der Waals surface area contributed by atoms with Crippen LogP contribution in [0.25, 0.3) is 0 Å². The van der Waals surface area contributed by atoms with Gasteiger partial charge in [-0.1, -0.05) is 29.3 Å². The van der Waals surface area contributed by atoms with Crippen LogP contribution in [0.3, 0.4) is 0 Å². The van der Waals surface area contributed by atoms with Crippen molar-refractivity contribution in [2.45, 2.75) is 38.8 Å². The number of nitrogens with one attached hydrogen (secondary N) is 1. The number of rotatable bonds is 4. The minimum absolute atomic E-state index is 0.225. The second-order valence-electron chi connectivity index (χ2n) is 5.29. The molecule has 4 heteroatoms. The summed E-state index contributed by atoms with van der Waals surface area (Å²) in [7, 11) is 0. The van der Waals surface area contributed by atoms with Crippen molar-refractivity contribution in [3.8, 4) is 0 Å². The Morgan fingerprint density at radius 1 is 1.21 bits per heavy atom. The highest BCUT2D eigenvalue weighted by atomic mass is 35.5. The van der Waals surface area contributed by atoms with Gasteiger partial charge in [-0.25, -0.2) is 0 Å². The van der Waals surface area contributed by atoms with Crippen LogP contribution in [0.5, 0.6) is 0 Å². The highest BCUT2D eigenvalue weighted by Crippen LogP contribution is 2.28. The Labute approximate surface area is 125 Å². The molecular formula is C15H21Cl2NO. The van der Waals surface area contributed by atoms with Crippen molar-refractivity contribution in [3.63, 3.8) is 0 Å². The smallest absolute Gasteiger partial charge is 0.0469 e. The molecule has 106 valence electrons. The molecule has 1 aromatic carbocycles. The topological polar surface area (TPSA) is 21.3 Å². The second kappa shape index (κ2) is 6.94. The van der Waals surface area contributed by atoms with Crippen LogP contribution >= 0.6 is 23.2 Å². The van der Waals surface area contributed by atoms with E-state index in [1.807, 2.05) is 12.1 Å². The van der Waals surface area contributed by atoms with E-state index >= 15 is 0 Å². The van der Waals surface area contributed by atoms with Gasteiger partial charge in [0.05, 0.1) is 0 Å². The number of ether oxygens (including phenoxy) is 1. The lowest BCUT2D eigenvalue weighted by atomic mass is 9.92. The highest BCUT2D eigenvalue weighted by molar-refractivity contribution is 6.35. The maximum atomic E-state index is 6.25. The van der Waals surface area contributed by atoms with E-state index in [1.54, 1.807) is 6.07 Å². The Bertz CT molecular complexity index is 419. The highest BCUT2D eigenvalue weighted by Gasteiger charge is 2.22. The molecule has 0 spiro atoms. The van der Waals surface area contributed by atoms with E-state index in [1.165, 1.54) is 0 Å². The third-order valence-corrected chi connectivity index (χ3v) is 4.48. The summed E-state index contributed by atoms with van der Waals surface area (Å²) in [5.41, 5.74) is 1.10. The molecule has 0 bridgehead atoms. The number of hydrogen-bond donors (Lipinski definition) is 1. The Hall–Kier alpha value is -0.280. The van der Waals surface area contributed by atoms with Gasteiger partial charge in [-0.3, -0.25) is 0 Å². The van der Waals surface area contributed by atoms with Gasteiger partial charge in [0.15, 0.2) is 0 Å². The van der Waals surface area contributed by atoms with Gasteiger partial charge in [0.1, 0.15) is 0 Å². The molecule has 2 unspecified atom stereocenters. The molecule has 0 amide bonds. The molecule has 0 aromatic heterocycles. The normalized spacial score (nSPS) is 20.2. The molecule has 19 heavy (non-hydrogen) atoms. The molecule has 2 rings (SSSR count). The van der Waals surface area contributed by atoms with Crippen LogP contribution in [-0.2, 0) is 4.74 Å². The predicted molar refractivity (Wildman–Crippen MR) is 81.0 cm³/mol. The molecule has 2 nitrogen and oxygen atoms in total. The van der Waals surface area contributed by atoms with Gasteiger partial charge in [0, 0.05) is 35.3 Å². The summed E-state index contributed by atoms with van der Waals surface area (Å²) in [5, 5.41) is 5.05. The summed E-state index contributed by atoms with van der Waals surface area (Å²) < 4.78 is 5.41. The zero-order chi connectivity index (χ0) is 13.8. The lowest BCUT2D eigenvalue weighted by molar-refractivity contribution is 0.0547. The summed E-state index contributed by atoms with van der Waals surface area (Å²) in [6, 6.07) is 6.38. The summed E-state index contributed by atoms with van der Waals surface area (Å²) >= 11 is 12.2. The Balaban J connectivity index is 1.97. The SMILES string of the molecule is CC(NC(C)C1CCOCC1)c1ccc(Cl)cc1Cl. The van der Waals surface area contributed by atoms with E-state index in [4.69, 9.17) is 27.9 Å². The Morgan fingerprint density at radius 3 is 2.53 bits per heavy atom. The van der Waals surface area contributed by atoms with Crippen molar-refractivity contribution in [3.05, 3.63) is 33.8 Å². The number of halogens is 2. The zero-order valence-corrected chi connectivity index (χ0v) is 13.0. The predicted octanol–water partition coefficient (Wildman–Crippen LogP) is 4.46. The molecular weight excluding hydrogens is 281 g/mol. The summed E-state index contributed by atoms with van der Waals surface area (Å²) in [6.45, 7) is 6.15.